The van der Waals surface area contributed by atoms with Crippen LogP contribution in [0.3, 0.4) is 0 Å². The Bertz CT molecular complexity index is 1690. The van der Waals surface area contributed by atoms with Crippen LogP contribution in [0.5, 0.6) is 5.75 Å². The number of para-hydroxylation sites is 1. The number of hydrogen-bond donors (Lipinski definition) is 2. The number of rotatable bonds is 7. The molecule has 0 fully saturated rings. The fourth-order valence-corrected chi connectivity index (χ4v) is 5.58. The van der Waals surface area contributed by atoms with Crippen LogP contribution in [-0.4, -0.2) is 19.1 Å². The van der Waals surface area contributed by atoms with E-state index < -0.39 is 20.6 Å². The number of nitro benzene ring substituents is 1. The Morgan fingerprint density at radius 2 is 1.64 bits per heavy atom. The van der Waals surface area contributed by atoms with Gasteiger partial charge in [0, 0.05) is 18.1 Å². The first kappa shape index (κ1) is 25.9. The van der Waals surface area contributed by atoms with Crippen molar-refractivity contribution in [1.29, 1.82) is 0 Å². The molecular weight excluding hydrogens is 516 g/mol. The van der Waals surface area contributed by atoms with Gasteiger partial charge in [0.2, 0.25) is 0 Å². The van der Waals surface area contributed by atoms with Crippen LogP contribution >= 0.6 is 0 Å². The summed E-state index contributed by atoms with van der Waals surface area (Å²) in [4.78, 5) is 11.1. The Balaban J connectivity index is 1.45. The number of benzene rings is 4. The smallest absolute Gasteiger partial charge is 0.295 e. The van der Waals surface area contributed by atoms with Gasteiger partial charge in [-0.25, -0.2) is 8.42 Å². The lowest BCUT2D eigenvalue weighted by Crippen LogP contribution is -2.22. The summed E-state index contributed by atoms with van der Waals surface area (Å²) in [6, 6.07) is 26.2. The topological polar surface area (TPSA) is 123 Å². The third-order valence-corrected chi connectivity index (χ3v) is 7.79. The van der Waals surface area contributed by atoms with Crippen LogP contribution in [0.15, 0.2) is 101 Å². The van der Waals surface area contributed by atoms with E-state index in [0.29, 0.717) is 23.6 Å². The number of nitro groups is 1. The average Bonchev–Trinajstić information content (AvgIpc) is 2.93. The standard InChI is InChI=1S/C29H26N4O5S/c1-19-12-14-24(20(2)16-19)32-39(36,37)22-13-15-25(27(17-22)33(34)35)30-31-26-18-29(21-8-4-3-5-9-21)38-28-11-7-6-10-23(26)28/h3-17,29-30,32H,18H2,1-2H3/b31-26+. The number of nitrogens with one attached hydrogen (secondary N) is 2. The van der Waals surface area contributed by atoms with Crippen LogP contribution in [0.4, 0.5) is 17.1 Å². The summed E-state index contributed by atoms with van der Waals surface area (Å²) < 4.78 is 34.8. The molecule has 1 unspecified atom stereocenters. The minimum atomic E-state index is -4.07. The quantitative estimate of drug-likeness (QED) is 0.207. The van der Waals surface area contributed by atoms with Crippen LogP contribution in [0.1, 0.15) is 34.8 Å². The van der Waals surface area contributed by atoms with Gasteiger partial charge < -0.3 is 4.74 Å². The molecular formula is C29H26N4O5S. The molecule has 0 aliphatic carbocycles. The summed E-state index contributed by atoms with van der Waals surface area (Å²) in [5.41, 5.74) is 7.01. The molecule has 1 aliphatic rings. The van der Waals surface area contributed by atoms with Gasteiger partial charge in [0.1, 0.15) is 17.5 Å². The van der Waals surface area contributed by atoms with Crippen molar-refractivity contribution >= 4 is 32.8 Å². The van der Waals surface area contributed by atoms with Gasteiger partial charge in [0.05, 0.1) is 21.2 Å². The Kier molecular flexibility index (Phi) is 7.03. The monoisotopic (exact) mass is 542 g/mol. The molecule has 198 valence electrons. The molecule has 0 radical (unpaired) electrons. The molecule has 0 saturated heterocycles. The fourth-order valence-electron chi connectivity index (χ4n) is 4.43. The molecule has 4 aromatic rings. The van der Waals surface area contributed by atoms with Gasteiger partial charge >= 0.3 is 0 Å². The number of hydrazone groups is 1. The predicted molar refractivity (Wildman–Crippen MR) is 151 cm³/mol. The summed E-state index contributed by atoms with van der Waals surface area (Å²) in [5, 5.41) is 16.4. The molecule has 2 N–H and O–H groups in total. The molecule has 5 rings (SSSR count). The van der Waals surface area contributed by atoms with Crippen molar-refractivity contribution < 1.29 is 18.1 Å². The Morgan fingerprint density at radius 3 is 2.38 bits per heavy atom. The highest BCUT2D eigenvalue weighted by atomic mass is 32.2. The Labute approximate surface area is 226 Å². The van der Waals surface area contributed by atoms with Gasteiger partial charge in [0.15, 0.2) is 0 Å². The largest absolute Gasteiger partial charge is 0.485 e. The number of sulfonamides is 1. The second kappa shape index (κ2) is 10.6. The first-order chi connectivity index (χ1) is 18.7. The van der Waals surface area contributed by atoms with Gasteiger partial charge in [-0.1, -0.05) is 60.2 Å². The lowest BCUT2D eigenvalue weighted by molar-refractivity contribution is -0.384. The van der Waals surface area contributed by atoms with Crippen molar-refractivity contribution in [1.82, 2.24) is 0 Å². The fraction of sp³-hybridized carbons (Fsp3) is 0.138. The lowest BCUT2D eigenvalue weighted by Gasteiger charge is -2.27. The summed E-state index contributed by atoms with van der Waals surface area (Å²) >= 11 is 0. The maximum absolute atomic E-state index is 13.0. The second-order valence-electron chi connectivity index (χ2n) is 9.25. The molecule has 0 bridgehead atoms. The molecule has 0 aromatic heterocycles. The molecule has 0 amide bonds. The zero-order valence-electron chi connectivity index (χ0n) is 21.3. The highest BCUT2D eigenvalue weighted by Gasteiger charge is 2.27. The van der Waals surface area contributed by atoms with Gasteiger partial charge in [-0.2, -0.15) is 5.10 Å². The number of aryl methyl sites for hydroxylation is 2. The number of ether oxygens (including phenoxy) is 1. The van der Waals surface area contributed by atoms with E-state index in [-0.39, 0.29) is 16.7 Å². The van der Waals surface area contributed by atoms with E-state index >= 15 is 0 Å². The van der Waals surface area contributed by atoms with E-state index in [9.17, 15) is 18.5 Å². The van der Waals surface area contributed by atoms with Crippen LogP contribution in [0.25, 0.3) is 0 Å². The Hall–Kier alpha value is -4.70. The summed E-state index contributed by atoms with van der Waals surface area (Å²) in [6.07, 6.45) is 0.161. The molecule has 0 spiro atoms. The normalized spacial score (nSPS) is 15.7. The number of fused-ring (bicyclic) bond motifs is 1. The molecule has 10 heteroatoms. The predicted octanol–water partition coefficient (Wildman–Crippen LogP) is 6.35. The molecule has 0 saturated carbocycles. The number of nitrogens with zero attached hydrogens (tertiary/aromatic N) is 2. The van der Waals surface area contributed by atoms with Crippen molar-refractivity contribution in [2.45, 2.75) is 31.3 Å². The Morgan fingerprint density at radius 1 is 0.923 bits per heavy atom. The zero-order chi connectivity index (χ0) is 27.6. The SMILES string of the molecule is Cc1ccc(NS(=O)(=O)c2ccc(N/N=C3\CC(c4ccccc4)Oc4ccccc43)c([N+](=O)[O-])c2)c(C)c1. The first-order valence-corrected chi connectivity index (χ1v) is 13.7. The van der Waals surface area contributed by atoms with E-state index in [2.05, 4.69) is 15.2 Å². The molecule has 1 aliphatic heterocycles. The second-order valence-corrected chi connectivity index (χ2v) is 10.9. The third kappa shape index (κ3) is 5.60. The molecule has 1 atom stereocenters. The van der Waals surface area contributed by atoms with Crippen LogP contribution in [-0.2, 0) is 10.0 Å². The molecule has 4 aromatic carbocycles. The molecule has 1 heterocycles. The van der Waals surface area contributed by atoms with Gasteiger partial charge in [0.25, 0.3) is 15.7 Å². The molecule has 39 heavy (non-hydrogen) atoms. The third-order valence-electron chi connectivity index (χ3n) is 6.43. The van der Waals surface area contributed by atoms with E-state index in [1.165, 1.54) is 12.1 Å². The molecule has 9 nitrogen and oxygen atoms in total. The maximum Gasteiger partial charge on any atom is 0.295 e. The van der Waals surface area contributed by atoms with Crippen molar-refractivity contribution in [3.63, 3.8) is 0 Å². The summed E-state index contributed by atoms with van der Waals surface area (Å²) in [7, 11) is -4.07. The van der Waals surface area contributed by atoms with Crippen molar-refractivity contribution in [2.75, 3.05) is 10.1 Å². The van der Waals surface area contributed by atoms with E-state index in [1.807, 2.05) is 67.6 Å². The lowest BCUT2D eigenvalue weighted by atomic mass is 9.96. The first-order valence-electron chi connectivity index (χ1n) is 12.2. The van der Waals surface area contributed by atoms with Crippen molar-refractivity contribution in [3.05, 3.63) is 123 Å². The van der Waals surface area contributed by atoms with E-state index in [4.69, 9.17) is 4.74 Å². The van der Waals surface area contributed by atoms with Crippen LogP contribution in [0, 0.1) is 24.0 Å². The zero-order valence-corrected chi connectivity index (χ0v) is 22.1. The maximum atomic E-state index is 13.0. The van der Waals surface area contributed by atoms with E-state index in [0.717, 1.165) is 28.3 Å². The van der Waals surface area contributed by atoms with Crippen LogP contribution < -0.4 is 14.9 Å². The highest BCUT2D eigenvalue weighted by Crippen LogP contribution is 2.36. The van der Waals surface area contributed by atoms with Crippen molar-refractivity contribution in [3.8, 4) is 5.75 Å². The van der Waals surface area contributed by atoms with Gasteiger partial charge in [-0.05, 0) is 55.3 Å². The summed E-state index contributed by atoms with van der Waals surface area (Å²) in [5.74, 6) is 0.659. The number of hydrogen-bond acceptors (Lipinski definition) is 7. The van der Waals surface area contributed by atoms with Gasteiger partial charge in [-0.3, -0.25) is 20.3 Å². The number of anilines is 2. The summed E-state index contributed by atoms with van der Waals surface area (Å²) in [6.45, 7) is 3.70. The highest BCUT2D eigenvalue weighted by molar-refractivity contribution is 7.92. The van der Waals surface area contributed by atoms with Crippen LogP contribution in [0.2, 0.25) is 0 Å². The average molecular weight is 543 g/mol. The minimum Gasteiger partial charge on any atom is -0.485 e. The van der Waals surface area contributed by atoms with Gasteiger partial charge in [-0.15, -0.1) is 0 Å². The minimum absolute atomic E-state index is 0.0678. The van der Waals surface area contributed by atoms with Crippen molar-refractivity contribution in [2.24, 2.45) is 5.10 Å². The van der Waals surface area contributed by atoms with E-state index in [1.54, 1.807) is 19.1 Å².